The molecule has 0 spiro atoms. The average Bonchev–Trinajstić information content (AvgIpc) is 2.52. The molecule has 1 atom stereocenters. The second-order valence-electron chi connectivity index (χ2n) is 3.58. The van der Waals surface area contributed by atoms with Gasteiger partial charge in [-0.25, -0.2) is 0 Å². The van der Waals surface area contributed by atoms with Gasteiger partial charge in [0.05, 0.1) is 6.10 Å². The van der Waals surface area contributed by atoms with Crippen LogP contribution in [0.1, 0.15) is 19.8 Å². The van der Waals surface area contributed by atoms with Crippen LogP contribution in [0.5, 0.6) is 5.75 Å². The summed E-state index contributed by atoms with van der Waals surface area (Å²) in [6.07, 6.45) is 1.31. The van der Waals surface area contributed by atoms with E-state index in [1.165, 1.54) is 0 Å². The second-order valence-corrected chi connectivity index (χ2v) is 3.58. The molecular weight excluding hydrogens is 176 g/mol. The van der Waals surface area contributed by atoms with E-state index in [-0.39, 0.29) is 6.10 Å². The van der Waals surface area contributed by atoms with Gasteiger partial charge in [-0.3, -0.25) is 0 Å². The Morgan fingerprint density at radius 2 is 2.00 bits per heavy atom. The molecule has 0 fully saturated rings. The Morgan fingerprint density at radius 1 is 1.29 bits per heavy atom. The molecule has 2 nitrogen and oxygen atoms in total. The maximum absolute atomic E-state index is 9.51. The van der Waals surface area contributed by atoms with E-state index in [0.717, 1.165) is 29.9 Å². The van der Waals surface area contributed by atoms with E-state index in [4.69, 9.17) is 4.74 Å². The Bertz CT molecular complexity index is 341. The second kappa shape index (κ2) is 3.84. The first-order valence-electron chi connectivity index (χ1n) is 4.88. The van der Waals surface area contributed by atoms with Crippen molar-refractivity contribution in [1.29, 1.82) is 0 Å². The molecule has 0 radical (unpaired) electrons. The van der Waals surface area contributed by atoms with E-state index < -0.39 is 0 Å². The lowest BCUT2D eigenvalue weighted by Gasteiger charge is -2.07. The quantitative estimate of drug-likeness (QED) is 0.776. The predicted molar refractivity (Wildman–Crippen MR) is 55.0 cm³/mol. The minimum atomic E-state index is -0.311. The van der Waals surface area contributed by atoms with Crippen LogP contribution >= 0.6 is 0 Å². The van der Waals surface area contributed by atoms with Gasteiger partial charge >= 0.3 is 0 Å². The van der Waals surface area contributed by atoms with E-state index in [0.29, 0.717) is 0 Å². The molecule has 0 aliphatic heterocycles. The third kappa shape index (κ3) is 1.80. The highest BCUT2D eigenvalue weighted by Crippen LogP contribution is 2.28. The highest BCUT2D eigenvalue weighted by molar-refractivity contribution is 5.27. The summed E-state index contributed by atoms with van der Waals surface area (Å²) in [5.41, 5.74) is 0.967. The van der Waals surface area contributed by atoms with E-state index in [2.05, 4.69) is 0 Å². The third-order valence-electron chi connectivity index (χ3n) is 2.57. The first kappa shape index (κ1) is 9.28. The number of para-hydroxylation sites is 1. The molecule has 1 aliphatic rings. The van der Waals surface area contributed by atoms with Crippen molar-refractivity contribution in [3.63, 3.8) is 0 Å². The zero-order chi connectivity index (χ0) is 9.97. The summed E-state index contributed by atoms with van der Waals surface area (Å²) in [6, 6.07) is 9.68. The van der Waals surface area contributed by atoms with E-state index in [1.54, 1.807) is 0 Å². The number of benzene rings is 1. The summed E-state index contributed by atoms with van der Waals surface area (Å²) in [4.78, 5) is 0. The van der Waals surface area contributed by atoms with E-state index in [1.807, 2.05) is 37.3 Å². The third-order valence-corrected chi connectivity index (χ3v) is 2.57. The van der Waals surface area contributed by atoms with Crippen LogP contribution in [-0.2, 0) is 0 Å². The summed E-state index contributed by atoms with van der Waals surface area (Å²) in [7, 11) is 0. The van der Waals surface area contributed by atoms with Crippen molar-refractivity contribution in [2.45, 2.75) is 25.9 Å². The molecule has 0 saturated carbocycles. The van der Waals surface area contributed by atoms with Crippen LogP contribution < -0.4 is 4.74 Å². The molecule has 14 heavy (non-hydrogen) atoms. The normalized spacial score (nSPS) is 21.4. The first-order valence-corrected chi connectivity index (χ1v) is 4.88. The molecule has 0 aromatic heterocycles. The minimum Gasteiger partial charge on any atom is -0.462 e. The smallest absolute Gasteiger partial charge is 0.126 e. The molecule has 1 aromatic carbocycles. The Balaban J connectivity index is 2.13. The van der Waals surface area contributed by atoms with Gasteiger partial charge in [-0.15, -0.1) is 0 Å². The lowest BCUT2D eigenvalue weighted by Crippen LogP contribution is -2.02. The van der Waals surface area contributed by atoms with Crippen molar-refractivity contribution in [2.24, 2.45) is 0 Å². The number of hydrogen-bond donors (Lipinski definition) is 1. The molecule has 0 heterocycles. The average molecular weight is 190 g/mol. The molecule has 0 bridgehead atoms. The summed E-state index contributed by atoms with van der Waals surface area (Å²) >= 11 is 0. The van der Waals surface area contributed by atoms with Crippen molar-refractivity contribution in [3.05, 3.63) is 41.7 Å². The van der Waals surface area contributed by atoms with Crippen LogP contribution in [0, 0.1) is 0 Å². The predicted octanol–water partition coefficient (Wildman–Crippen LogP) is 2.49. The van der Waals surface area contributed by atoms with Gasteiger partial charge in [-0.2, -0.15) is 0 Å². The highest BCUT2D eigenvalue weighted by Gasteiger charge is 2.21. The van der Waals surface area contributed by atoms with Crippen LogP contribution in [0.3, 0.4) is 0 Å². The minimum absolute atomic E-state index is 0.311. The van der Waals surface area contributed by atoms with E-state index in [9.17, 15) is 5.11 Å². The number of hydrogen-bond acceptors (Lipinski definition) is 2. The molecule has 1 aromatic rings. The van der Waals surface area contributed by atoms with Gasteiger partial charge in [-0.05, 0) is 31.1 Å². The number of allylic oxidation sites excluding steroid dienone is 1. The number of aliphatic hydroxyl groups is 1. The Labute approximate surface area is 83.8 Å². The van der Waals surface area contributed by atoms with Crippen molar-refractivity contribution in [1.82, 2.24) is 0 Å². The van der Waals surface area contributed by atoms with Gasteiger partial charge in [0.1, 0.15) is 11.5 Å². The van der Waals surface area contributed by atoms with Crippen molar-refractivity contribution in [2.75, 3.05) is 0 Å². The maximum atomic E-state index is 9.51. The van der Waals surface area contributed by atoms with Crippen LogP contribution in [0.25, 0.3) is 0 Å². The summed E-state index contributed by atoms with van der Waals surface area (Å²) in [5.74, 6) is 1.76. The fraction of sp³-hybridized carbons (Fsp3) is 0.333. The largest absolute Gasteiger partial charge is 0.462 e. The topological polar surface area (TPSA) is 29.5 Å². The molecule has 2 rings (SSSR count). The molecule has 1 N–H and O–H groups in total. The zero-order valence-electron chi connectivity index (χ0n) is 8.23. The fourth-order valence-electron chi connectivity index (χ4n) is 1.63. The molecular formula is C12H14O2. The van der Waals surface area contributed by atoms with Gasteiger partial charge in [0, 0.05) is 6.42 Å². The van der Waals surface area contributed by atoms with Gasteiger partial charge in [0.15, 0.2) is 0 Å². The van der Waals surface area contributed by atoms with E-state index >= 15 is 0 Å². The maximum Gasteiger partial charge on any atom is 0.126 e. The molecule has 0 amide bonds. The van der Waals surface area contributed by atoms with Crippen molar-refractivity contribution < 1.29 is 9.84 Å². The number of ether oxygens (including phenoxy) is 1. The SMILES string of the molecule is CC1=C(Oc2ccccc2)CC[C@H]1O. The molecule has 0 saturated heterocycles. The lowest BCUT2D eigenvalue weighted by molar-refractivity contribution is 0.212. The Kier molecular flexibility index (Phi) is 2.55. The van der Waals surface area contributed by atoms with Crippen LogP contribution in [0.4, 0.5) is 0 Å². The summed E-state index contributed by atoms with van der Waals surface area (Å²) in [5, 5.41) is 9.51. The monoisotopic (exact) mass is 190 g/mol. The number of aliphatic hydroxyl groups excluding tert-OH is 1. The Hall–Kier alpha value is -1.28. The molecule has 74 valence electrons. The molecule has 1 aliphatic carbocycles. The van der Waals surface area contributed by atoms with Gasteiger partial charge in [0.2, 0.25) is 0 Å². The lowest BCUT2D eigenvalue weighted by atomic mass is 10.2. The van der Waals surface area contributed by atoms with Gasteiger partial charge in [0.25, 0.3) is 0 Å². The van der Waals surface area contributed by atoms with Crippen molar-refractivity contribution >= 4 is 0 Å². The van der Waals surface area contributed by atoms with Crippen LogP contribution in [0.2, 0.25) is 0 Å². The number of rotatable bonds is 2. The van der Waals surface area contributed by atoms with Gasteiger partial charge < -0.3 is 9.84 Å². The Morgan fingerprint density at radius 3 is 2.57 bits per heavy atom. The molecule has 2 heteroatoms. The summed E-state index contributed by atoms with van der Waals surface area (Å²) in [6.45, 7) is 1.93. The molecule has 0 unspecified atom stereocenters. The zero-order valence-corrected chi connectivity index (χ0v) is 8.23. The highest BCUT2D eigenvalue weighted by atomic mass is 16.5. The standard InChI is InChI=1S/C12H14O2/c1-9-11(13)7-8-12(9)14-10-5-3-2-4-6-10/h2-6,11,13H,7-8H2,1H3/t11-/m1/s1. The van der Waals surface area contributed by atoms with Gasteiger partial charge in [-0.1, -0.05) is 18.2 Å². The van der Waals surface area contributed by atoms with Crippen molar-refractivity contribution in [3.8, 4) is 5.75 Å². The fourth-order valence-corrected chi connectivity index (χ4v) is 1.63. The summed E-state index contributed by atoms with van der Waals surface area (Å²) < 4.78 is 5.68. The first-order chi connectivity index (χ1) is 6.77. The van der Waals surface area contributed by atoms with Crippen LogP contribution in [0.15, 0.2) is 41.7 Å². The van der Waals surface area contributed by atoms with Crippen LogP contribution in [-0.4, -0.2) is 11.2 Å².